The van der Waals surface area contributed by atoms with Crippen LogP contribution < -0.4 is 10.1 Å². The predicted molar refractivity (Wildman–Crippen MR) is 79.2 cm³/mol. The number of methoxy groups -OCH3 is 1. The normalized spacial score (nSPS) is 20.1. The van der Waals surface area contributed by atoms with Crippen LogP contribution in [0.5, 0.6) is 5.75 Å². The Labute approximate surface area is 116 Å². The van der Waals surface area contributed by atoms with Gasteiger partial charge in [-0.3, -0.25) is 0 Å². The first kappa shape index (κ1) is 14.2. The second-order valence-corrected chi connectivity index (χ2v) is 6.22. The number of ether oxygens (including phenoxy) is 2. The van der Waals surface area contributed by atoms with Crippen LogP contribution in [-0.4, -0.2) is 26.4 Å². The summed E-state index contributed by atoms with van der Waals surface area (Å²) in [6, 6.07) is 6.78. The molecule has 1 atom stereocenters. The minimum Gasteiger partial charge on any atom is -0.495 e. The number of nitrogens with one attached hydrogen (secondary N) is 1. The molecule has 19 heavy (non-hydrogen) atoms. The van der Waals surface area contributed by atoms with Crippen molar-refractivity contribution in [3.05, 3.63) is 23.8 Å². The molecule has 1 unspecified atom stereocenters. The van der Waals surface area contributed by atoms with Crippen molar-refractivity contribution in [1.29, 1.82) is 0 Å². The maximum atomic E-state index is 5.52. The van der Waals surface area contributed by atoms with Gasteiger partial charge in [-0.05, 0) is 36.0 Å². The van der Waals surface area contributed by atoms with Crippen LogP contribution in [0, 0.1) is 0 Å². The maximum absolute atomic E-state index is 5.52. The monoisotopic (exact) mass is 263 g/mol. The van der Waals surface area contributed by atoms with Crippen LogP contribution in [0.3, 0.4) is 0 Å². The van der Waals surface area contributed by atoms with Crippen LogP contribution in [0.1, 0.15) is 39.2 Å². The SMILES string of the molecule is COc1ccc(C(C)(C)C)cc1NC1CCCOC1. The van der Waals surface area contributed by atoms with Gasteiger partial charge in [-0.15, -0.1) is 0 Å². The average Bonchev–Trinajstić information content (AvgIpc) is 2.39. The molecule has 1 N–H and O–H groups in total. The van der Waals surface area contributed by atoms with Crippen molar-refractivity contribution in [2.75, 3.05) is 25.6 Å². The van der Waals surface area contributed by atoms with E-state index in [1.807, 2.05) is 6.07 Å². The molecule has 0 aliphatic carbocycles. The highest BCUT2D eigenvalue weighted by Crippen LogP contribution is 2.32. The number of benzene rings is 1. The first-order valence-electron chi connectivity index (χ1n) is 7.03. The van der Waals surface area contributed by atoms with Gasteiger partial charge in [-0.2, -0.15) is 0 Å². The van der Waals surface area contributed by atoms with E-state index in [0.717, 1.165) is 37.5 Å². The topological polar surface area (TPSA) is 30.5 Å². The number of rotatable bonds is 3. The van der Waals surface area contributed by atoms with Gasteiger partial charge in [-0.25, -0.2) is 0 Å². The van der Waals surface area contributed by atoms with E-state index in [9.17, 15) is 0 Å². The lowest BCUT2D eigenvalue weighted by molar-refractivity contribution is 0.0875. The zero-order chi connectivity index (χ0) is 13.9. The predicted octanol–water partition coefficient (Wildman–Crippen LogP) is 3.58. The van der Waals surface area contributed by atoms with Crippen molar-refractivity contribution in [1.82, 2.24) is 0 Å². The molecule has 1 heterocycles. The van der Waals surface area contributed by atoms with Crippen LogP contribution >= 0.6 is 0 Å². The third-order valence-corrected chi connectivity index (χ3v) is 3.59. The summed E-state index contributed by atoms with van der Waals surface area (Å²) in [5.41, 5.74) is 2.53. The van der Waals surface area contributed by atoms with E-state index in [1.54, 1.807) is 7.11 Å². The fourth-order valence-electron chi connectivity index (χ4n) is 2.36. The lowest BCUT2D eigenvalue weighted by Crippen LogP contribution is -2.30. The summed E-state index contributed by atoms with van der Waals surface area (Å²) in [7, 11) is 1.72. The molecule has 0 amide bonds. The van der Waals surface area contributed by atoms with Crippen LogP contribution in [-0.2, 0) is 10.2 Å². The van der Waals surface area contributed by atoms with Crippen molar-refractivity contribution in [3.8, 4) is 5.75 Å². The van der Waals surface area contributed by atoms with Crippen LogP contribution in [0.25, 0.3) is 0 Å². The fraction of sp³-hybridized carbons (Fsp3) is 0.625. The highest BCUT2D eigenvalue weighted by molar-refractivity contribution is 5.59. The van der Waals surface area contributed by atoms with Crippen LogP contribution in [0.2, 0.25) is 0 Å². The fourth-order valence-corrected chi connectivity index (χ4v) is 2.36. The van der Waals surface area contributed by atoms with Gasteiger partial charge in [0.25, 0.3) is 0 Å². The zero-order valence-corrected chi connectivity index (χ0v) is 12.5. The highest BCUT2D eigenvalue weighted by Gasteiger charge is 2.19. The molecule has 3 heteroatoms. The minimum absolute atomic E-state index is 0.145. The van der Waals surface area contributed by atoms with Crippen LogP contribution in [0.15, 0.2) is 18.2 Å². The minimum atomic E-state index is 0.145. The van der Waals surface area contributed by atoms with Gasteiger partial charge < -0.3 is 14.8 Å². The molecule has 1 fully saturated rings. The van der Waals surface area contributed by atoms with E-state index < -0.39 is 0 Å². The number of hydrogen-bond acceptors (Lipinski definition) is 3. The highest BCUT2D eigenvalue weighted by atomic mass is 16.5. The van der Waals surface area contributed by atoms with E-state index in [0.29, 0.717) is 6.04 Å². The summed E-state index contributed by atoms with van der Waals surface area (Å²) in [5.74, 6) is 0.901. The van der Waals surface area contributed by atoms with E-state index in [-0.39, 0.29) is 5.41 Å². The van der Waals surface area contributed by atoms with Crippen molar-refractivity contribution >= 4 is 5.69 Å². The Kier molecular flexibility index (Phi) is 4.35. The third kappa shape index (κ3) is 3.63. The summed E-state index contributed by atoms with van der Waals surface area (Å²) in [5, 5.41) is 3.56. The van der Waals surface area contributed by atoms with Gasteiger partial charge in [0.2, 0.25) is 0 Å². The summed E-state index contributed by atoms with van der Waals surface area (Å²) >= 11 is 0. The van der Waals surface area contributed by atoms with Crippen molar-refractivity contribution in [2.45, 2.75) is 45.1 Å². The Morgan fingerprint density at radius 1 is 1.32 bits per heavy atom. The van der Waals surface area contributed by atoms with Gasteiger partial charge in [-0.1, -0.05) is 26.8 Å². The van der Waals surface area contributed by atoms with Crippen LogP contribution in [0.4, 0.5) is 5.69 Å². The first-order valence-corrected chi connectivity index (χ1v) is 7.03. The summed E-state index contributed by atoms with van der Waals surface area (Å²) in [6.07, 6.45) is 2.28. The van der Waals surface area contributed by atoms with Gasteiger partial charge in [0, 0.05) is 12.6 Å². The van der Waals surface area contributed by atoms with E-state index >= 15 is 0 Å². The second kappa shape index (κ2) is 5.83. The zero-order valence-electron chi connectivity index (χ0n) is 12.5. The molecule has 0 spiro atoms. The quantitative estimate of drug-likeness (QED) is 0.904. The Balaban J connectivity index is 2.20. The summed E-state index contributed by atoms with van der Waals surface area (Å²) in [6.45, 7) is 8.34. The molecular weight excluding hydrogens is 238 g/mol. The molecular formula is C16H25NO2. The molecule has 2 rings (SSSR count). The molecule has 1 aromatic rings. The molecule has 0 aromatic heterocycles. The molecule has 1 aromatic carbocycles. The van der Waals surface area contributed by atoms with E-state index in [4.69, 9.17) is 9.47 Å². The van der Waals surface area contributed by atoms with Crippen molar-refractivity contribution in [3.63, 3.8) is 0 Å². The Bertz CT molecular complexity index is 417. The van der Waals surface area contributed by atoms with Crippen molar-refractivity contribution in [2.24, 2.45) is 0 Å². The molecule has 0 bridgehead atoms. The molecule has 1 aliphatic heterocycles. The molecule has 0 saturated carbocycles. The van der Waals surface area contributed by atoms with Gasteiger partial charge in [0.15, 0.2) is 0 Å². The largest absolute Gasteiger partial charge is 0.495 e. The van der Waals surface area contributed by atoms with E-state index in [1.165, 1.54) is 5.56 Å². The molecule has 1 saturated heterocycles. The smallest absolute Gasteiger partial charge is 0.141 e. The van der Waals surface area contributed by atoms with Gasteiger partial charge in [0.1, 0.15) is 5.75 Å². The Morgan fingerprint density at radius 3 is 2.68 bits per heavy atom. The number of anilines is 1. The standard InChI is InChI=1S/C16H25NO2/c1-16(2,3)12-7-8-15(18-4)14(10-12)17-13-6-5-9-19-11-13/h7-8,10,13,17H,5-6,9,11H2,1-4H3. The average molecular weight is 263 g/mol. The summed E-state index contributed by atoms with van der Waals surface area (Å²) < 4.78 is 11.0. The van der Waals surface area contributed by atoms with E-state index in [2.05, 4.69) is 38.2 Å². The Morgan fingerprint density at radius 2 is 2.11 bits per heavy atom. The van der Waals surface area contributed by atoms with Gasteiger partial charge in [0.05, 0.1) is 19.4 Å². The molecule has 1 aliphatic rings. The first-order chi connectivity index (χ1) is 9.00. The van der Waals surface area contributed by atoms with Crippen molar-refractivity contribution < 1.29 is 9.47 Å². The molecule has 106 valence electrons. The Hall–Kier alpha value is -1.22. The van der Waals surface area contributed by atoms with Gasteiger partial charge >= 0.3 is 0 Å². The number of hydrogen-bond donors (Lipinski definition) is 1. The molecule has 3 nitrogen and oxygen atoms in total. The maximum Gasteiger partial charge on any atom is 0.141 e. The lowest BCUT2D eigenvalue weighted by Gasteiger charge is -2.27. The third-order valence-electron chi connectivity index (χ3n) is 3.59. The second-order valence-electron chi connectivity index (χ2n) is 6.22. The lowest BCUT2D eigenvalue weighted by atomic mass is 9.86. The summed E-state index contributed by atoms with van der Waals surface area (Å²) in [4.78, 5) is 0. The molecule has 0 radical (unpaired) electrons.